The van der Waals surface area contributed by atoms with Crippen molar-refractivity contribution in [1.82, 2.24) is 5.32 Å². The van der Waals surface area contributed by atoms with Gasteiger partial charge in [-0.25, -0.2) is 0 Å². The van der Waals surface area contributed by atoms with Gasteiger partial charge >= 0.3 is 0 Å². The standard InChI is InChI=1S/C15H24ClN/c1-6-17-8-7-15(4,5)13-9-11(2)12(3)10-14(13)16/h9-10,17H,6-8H2,1-5H3. The van der Waals surface area contributed by atoms with E-state index in [1.165, 1.54) is 16.7 Å². The molecule has 1 aromatic rings. The van der Waals surface area contributed by atoms with E-state index < -0.39 is 0 Å². The lowest BCUT2D eigenvalue weighted by atomic mass is 9.80. The molecule has 0 heterocycles. The molecule has 0 aromatic heterocycles. The van der Waals surface area contributed by atoms with Crippen LogP contribution in [0.25, 0.3) is 0 Å². The molecule has 1 aromatic carbocycles. The van der Waals surface area contributed by atoms with E-state index in [0.717, 1.165) is 24.5 Å². The van der Waals surface area contributed by atoms with E-state index in [-0.39, 0.29) is 5.41 Å². The van der Waals surface area contributed by atoms with Crippen molar-refractivity contribution in [3.05, 3.63) is 33.8 Å². The summed E-state index contributed by atoms with van der Waals surface area (Å²) in [5, 5.41) is 4.27. The Labute approximate surface area is 111 Å². The minimum Gasteiger partial charge on any atom is -0.317 e. The Morgan fingerprint density at radius 1 is 1.18 bits per heavy atom. The molecule has 0 aliphatic rings. The topological polar surface area (TPSA) is 12.0 Å². The Kier molecular flexibility index (Phi) is 5.03. The highest BCUT2D eigenvalue weighted by atomic mass is 35.5. The van der Waals surface area contributed by atoms with Gasteiger partial charge < -0.3 is 5.32 Å². The van der Waals surface area contributed by atoms with Gasteiger partial charge in [0.1, 0.15) is 0 Å². The average Bonchev–Trinajstić information content (AvgIpc) is 2.23. The monoisotopic (exact) mass is 253 g/mol. The first-order valence-corrected chi connectivity index (χ1v) is 6.74. The number of nitrogens with one attached hydrogen (secondary N) is 1. The zero-order valence-electron chi connectivity index (χ0n) is 11.7. The van der Waals surface area contributed by atoms with E-state index in [1.807, 2.05) is 0 Å². The van der Waals surface area contributed by atoms with Crippen LogP contribution in [0.2, 0.25) is 5.02 Å². The van der Waals surface area contributed by atoms with Crippen LogP contribution in [0, 0.1) is 13.8 Å². The summed E-state index contributed by atoms with van der Waals surface area (Å²) >= 11 is 6.38. The van der Waals surface area contributed by atoms with Crippen molar-refractivity contribution >= 4 is 11.6 Å². The van der Waals surface area contributed by atoms with Crippen molar-refractivity contribution in [2.75, 3.05) is 13.1 Å². The molecule has 96 valence electrons. The van der Waals surface area contributed by atoms with Crippen LogP contribution in [0.4, 0.5) is 0 Å². The third-order valence-corrected chi connectivity index (χ3v) is 3.80. The highest BCUT2D eigenvalue weighted by Gasteiger charge is 2.23. The van der Waals surface area contributed by atoms with E-state index in [9.17, 15) is 0 Å². The van der Waals surface area contributed by atoms with Gasteiger partial charge in [-0.15, -0.1) is 0 Å². The highest BCUT2D eigenvalue weighted by Crippen LogP contribution is 2.34. The average molecular weight is 254 g/mol. The van der Waals surface area contributed by atoms with Crippen LogP contribution in [-0.4, -0.2) is 13.1 Å². The molecule has 1 N–H and O–H groups in total. The van der Waals surface area contributed by atoms with Crippen molar-refractivity contribution in [2.45, 2.75) is 46.5 Å². The van der Waals surface area contributed by atoms with Crippen molar-refractivity contribution in [3.63, 3.8) is 0 Å². The lowest BCUT2D eigenvalue weighted by molar-refractivity contribution is 0.461. The van der Waals surface area contributed by atoms with Gasteiger partial charge in [0.2, 0.25) is 0 Å². The SMILES string of the molecule is CCNCCC(C)(C)c1cc(C)c(C)cc1Cl. The van der Waals surface area contributed by atoms with Gasteiger partial charge in [0.05, 0.1) is 0 Å². The largest absolute Gasteiger partial charge is 0.317 e. The lowest BCUT2D eigenvalue weighted by Crippen LogP contribution is -2.25. The van der Waals surface area contributed by atoms with Gasteiger partial charge in [-0.05, 0) is 61.5 Å². The Hall–Kier alpha value is -0.530. The van der Waals surface area contributed by atoms with Crippen molar-refractivity contribution in [2.24, 2.45) is 0 Å². The van der Waals surface area contributed by atoms with Crippen molar-refractivity contribution < 1.29 is 0 Å². The van der Waals surface area contributed by atoms with Gasteiger partial charge in [-0.3, -0.25) is 0 Å². The molecule has 2 heteroatoms. The van der Waals surface area contributed by atoms with Gasteiger partial charge in [-0.1, -0.05) is 38.4 Å². The third-order valence-electron chi connectivity index (χ3n) is 3.49. The number of rotatable bonds is 5. The maximum atomic E-state index is 6.38. The molecule has 0 atom stereocenters. The highest BCUT2D eigenvalue weighted by molar-refractivity contribution is 6.31. The van der Waals surface area contributed by atoms with Crippen molar-refractivity contribution in [3.8, 4) is 0 Å². The van der Waals surface area contributed by atoms with Gasteiger partial charge in [-0.2, -0.15) is 0 Å². The molecule has 0 fully saturated rings. The summed E-state index contributed by atoms with van der Waals surface area (Å²) in [4.78, 5) is 0. The Balaban J connectivity index is 2.93. The molecule has 0 saturated carbocycles. The minimum absolute atomic E-state index is 0.123. The fourth-order valence-electron chi connectivity index (χ4n) is 2.01. The second-order valence-corrected chi connectivity index (χ2v) is 5.81. The molecule has 0 amide bonds. The number of benzene rings is 1. The fraction of sp³-hybridized carbons (Fsp3) is 0.600. The zero-order valence-corrected chi connectivity index (χ0v) is 12.4. The smallest absolute Gasteiger partial charge is 0.0446 e. The van der Waals surface area contributed by atoms with Crippen LogP contribution in [0.5, 0.6) is 0 Å². The van der Waals surface area contributed by atoms with E-state index >= 15 is 0 Å². The fourth-order valence-corrected chi connectivity index (χ4v) is 2.49. The quantitative estimate of drug-likeness (QED) is 0.775. The van der Waals surface area contributed by atoms with E-state index in [4.69, 9.17) is 11.6 Å². The van der Waals surface area contributed by atoms with E-state index in [0.29, 0.717) is 0 Å². The van der Waals surface area contributed by atoms with E-state index in [1.54, 1.807) is 0 Å². The molecule has 17 heavy (non-hydrogen) atoms. The molecule has 0 spiro atoms. The molecular weight excluding hydrogens is 230 g/mol. The van der Waals surface area contributed by atoms with Gasteiger partial charge in [0, 0.05) is 5.02 Å². The first-order chi connectivity index (χ1) is 7.88. The number of aryl methyl sites for hydroxylation is 2. The predicted molar refractivity (Wildman–Crippen MR) is 77.1 cm³/mol. The van der Waals surface area contributed by atoms with E-state index in [2.05, 4.69) is 52.1 Å². The zero-order chi connectivity index (χ0) is 13.1. The lowest BCUT2D eigenvalue weighted by Gasteiger charge is -2.27. The number of hydrogen-bond acceptors (Lipinski definition) is 1. The van der Waals surface area contributed by atoms with Gasteiger partial charge in [0.25, 0.3) is 0 Å². The van der Waals surface area contributed by atoms with Crippen LogP contribution >= 0.6 is 11.6 Å². The van der Waals surface area contributed by atoms with Crippen LogP contribution in [-0.2, 0) is 5.41 Å². The van der Waals surface area contributed by atoms with Crippen LogP contribution in [0.3, 0.4) is 0 Å². The van der Waals surface area contributed by atoms with Crippen molar-refractivity contribution in [1.29, 1.82) is 0 Å². The van der Waals surface area contributed by atoms with Crippen LogP contribution < -0.4 is 5.32 Å². The summed E-state index contributed by atoms with van der Waals surface area (Å²) < 4.78 is 0. The molecule has 0 aliphatic carbocycles. The summed E-state index contributed by atoms with van der Waals surface area (Å²) in [6.07, 6.45) is 1.10. The summed E-state index contributed by atoms with van der Waals surface area (Å²) in [5.74, 6) is 0. The van der Waals surface area contributed by atoms with Gasteiger partial charge in [0.15, 0.2) is 0 Å². The molecule has 0 aliphatic heterocycles. The summed E-state index contributed by atoms with van der Waals surface area (Å²) in [6.45, 7) is 13.0. The Bertz CT molecular complexity index is 383. The molecule has 0 unspecified atom stereocenters. The first kappa shape index (κ1) is 14.5. The Morgan fingerprint density at radius 3 is 2.35 bits per heavy atom. The molecule has 0 bridgehead atoms. The summed E-state index contributed by atoms with van der Waals surface area (Å²) in [5.41, 5.74) is 3.97. The number of hydrogen-bond donors (Lipinski definition) is 1. The normalized spacial score (nSPS) is 11.9. The molecular formula is C15H24ClN. The second kappa shape index (κ2) is 5.88. The van der Waals surface area contributed by atoms with Crippen LogP contribution in [0.1, 0.15) is 43.9 Å². The molecule has 1 rings (SSSR count). The maximum Gasteiger partial charge on any atom is 0.0446 e. The molecule has 0 saturated heterocycles. The van der Waals surface area contributed by atoms with Crippen LogP contribution in [0.15, 0.2) is 12.1 Å². The summed E-state index contributed by atoms with van der Waals surface area (Å²) in [7, 11) is 0. The summed E-state index contributed by atoms with van der Waals surface area (Å²) in [6, 6.07) is 4.32. The maximum absolute atomic E-state index is 6.38. The minimum atomic E-state index is 0.123. The third kappa shape index (κ3) is 3.72. The molecule has 1 nitrogen and oxygen atoms in total. The first-order valence-electron chi connectivity index (χ1n) is 6.36. The predicted octanol–water partition coefficient (Wildman–Crippen LogP) is 4.23. The number of halogens is 1. The Morgan fingerprint density at radius 2 is 1.76 bits per heavy atom. The second-order valence-electron chi connectivity index (χ2n) is 5.40. The molecule has 0 radical (unpaired) electrons.